The van der Waals surface area contributed by atoms with Crippen LogP contribution < -0.4 is 19.5 Å². The summed E-state index contributed by atoms with van der Waals surface area (Å²) in [4.78, 5) is 12.1. The molecule has 8 nitrogen and oxygen atoms in total. The molecule has 0 saturated carbocycles. The number of H-pyrrole nitrogens is 1. The Balaban J connectivity index is 1.90. The number of ether oxygens (including phenoxy) is 3. The van der Waals surface area contributed by atoms with Crippen molar-refractivity contribution in [3.63, 3.8) is 0 Å². The molecule has 0 aliphatic carbocycles. The van der Waals surface area contributed by atoms with E-state index in [1.165, 1.54) is 6.20 Å². The Morgan fingerprint density at radius 2 is 1.80 bits per heavy atom. The van der Waals surface area contributed by atoms with Gasteiger partial charge in [-0.05, 0) is 12.1 Å². The number of benzene rings is 2. The minimum atomic E-state index is 0.276. The summed E-state index contributed by atoms with van der Waals surface area (Å²) < 4.78 is 16.2. The van der Waals surface area contributed by atoms with Crippen molar-refractivity contribution in [2.45, 2.75) is 5.88 Å². The number of alkyl halides is 1. The van der Waals surface area contributed by atoms with Crippen LogP contribution in [0.5, 0.6) is 17.2 Å². The number of hydrogen-bond acceptors (Lipinski definition) is 7. The zero-order valence-corrected chi connectivity index (χ0v) is 17.3. The zero-order valence-electron chi connectivity index (χ0n) is 16.5. The van der Waals surface area contributed by atoms with Crippen molar-refractivity contribution in [2.24, 2.45) is 0 Å². The van der Waals surface area contributed by atoms with E-state index in [4.69, 9.17) is 25.8 Å². The van der Waals surface area contributed by atoms with Gasteiger partial charge in [0.25, 0.3) is 0 Å². The number of fused-ring (bicyclic) bond motifs is 2. The highest BCUT2D eigenvalue weighted by Crippen LogP contribution is 2.41. The molecule has 0 bridgehead atoms. The van der Waals surface area contributed by atoms with Crippen LogP contribution in [0.25, 0.3) is 21.9 Å². The number of halogens is 1. The van der Waals surface area contributed by atoms with Gasteiger partial charge in [-0.3, -0.25) is 4.98 Å². The molecular weight excluding hydrogens is 406 g/mol. The molecule has 0 unspecified atom stereocenters. The quantitative estimate of drug-likeness (QED) is 0.440. The largest absolute Gasteiger partial charge is 0.493 e. The Kier molecular flexibility index (Phi) is 5.21. The SMILES string of the molecule is COc1cc(Nc2c(C#N)cnc3cc4[nH]c(CCl)nc4cc23)cc(OC)c1OC. The lowest BCUT2D eigenvalue weighted by Crippen LogP contribution is -2.00. The van der Waals surface area contributed by atoms with E-state index < -0.39 is 0 Å². The molecule has 152 valence electrons. The highest BCUT2D eigenvalue weighted by Gasteiger charge is 2.16. The van der Waals surface area contributed by atoms with Gasteiger partial charge < -0.3 is 24.5 Å². The lowest BCUT2D eigenvalue weighted by Gasteiger charge is -2.16. The van der Waals surface area contributed by atoms with Gasteiger partial charge in [-0.2, -0.15) is 5.26 Å². The monoisotopic (exact) mass is 423 g/mol. The molecule has 0 amide bonds. The van der Waals surface area contributed by atoms with E-state index in [1.807, 2.05) is 12.1 Å². The van der Waals surface area contributed by atoms with Crippen molar-refractivity contribution in [2.75, 3.05) is 26.6 Å². The summed E-state index contributed by atoms with van der Waals surface area (Å²) in [6, 6.07) is 9.50. The normalized spacial score (nSPS) is 10.8. The second-order valence-electron chi connectivity index (χ2n) is 6.40. The first-order chi connectivity index (χ1) is 14.6. The molecule has 2 heterocycles. The maximum atomic E-state index is 9.66. The van der Waals surface area contributed by atoms with E-state index in [0.717, 1.165) is 16.4 Å². The van der Waals surface area contributed by atoms with E-state index >= 15 is 0 Å². The average Bonchev–Trinajstić information content (AvgIpc) is 3.19. The zero-order chi connectivity index (χ0) is 21.3. The van der Waals surface area contributed by atoms with E-state index in [9.17, 15) is 5.26 Å². The number of rotatable bonds is 6. The summed E-state index contributed by atoms with van der Waals surface area (Å²) in [7, 11) is 4.64. The summed E-state index contributed by atoms with van der Waals surface area (Å²) in [5.41, 5.74) is 3.94. The van der Waals surface area contributed by atoms with Crippen molar-refractivity contribution in [1.29, 1.82) is 5.26 Å². The third-order valence-corrected chi connectivity index (χ3v) is 4.95. The van der Waals surface area contributed by atoms with Gasteiger partial charge in [-0.25, -0.2) is 4.98 Å². The van der Waals surface area contributed by atoms with Crippen molar-refractivity contribution in [3.05, 3.63) is 41.9 Å². The number of pyridine rings is 1. The first-order valence-electron chi connectivity index (χ1n) is 8.96. The van der Waals surface area contributed by atoms with Gasteiger partial charge in [-0.1, -0.05) is 0 Å². The Labute approximate surface area is 177 Å². The van der Waals surface area contributed by atoms with Crippen molar-refractivity contribution in [1.82, 2.24) is 15.0 Å². The summed E-state index contributed by atoms with van der Waals surface area (Å²) in [6.45, 7) is 0. The first kappa shape index (κ1) is 19.6. The predicted molar refractivity (Wildman–Crippen MR) is 115 cm³/mol. The van der Waals surface area contributed by atoms with Crippen LogP contribution in [0.4, 0.5) is 11.4 Å². The standard InChI is InChI=1S/C21H18ClN5O3/c1-28-17-4-12(5-18(29-2)21(17)30-3)25-20-11(9-23)10-24-14-7-16-15(6-13(14)20)26-19(8-22)27-16/h4-7,10H,8H2,1-3H3,(H,24,25)(H,26,27). The van der Waals surface area contributed by atoms with Crippen LogP contribution in [-0.4, -0.2) is 36.3 Å². The van der Waals surface area contributed by atoms with Gasteiger partial charge in [0, 0.05) is 29.4 Å². The Morgan fingerprint density at radius 3 is 2.40 bits per heavy atom. The third kappa shape index (κ3) is 3.29. The van der Waals surface area contributed by atoms with E-state index in [-0.39, 0.29) is 5.88 Å². The molecule has 4 aromatic rings. The number of nitrogens with one attached hydrogen (secondary N) is 2. The number of aromatic nitrogens is 3. The second-order valence-corrected chi connectivity index (χ2v) is 6.67. The van der Waals surface area contributed by atoms with Gasteiger partial charge in [-0.15, -0.1) is 11.6 Å². The fourth-order valence-corrected chi connectivity index (χ4v) is 3.46. The molecular formula is C21H18ClN5O3. The Bertz CT molecular complexity index is 1270. The predicted octanol–water partition coefficient (Wildman–Crippen LogP) is 4.49. The minimum absolute atomic E-state index is 0.276. The molecule has 2 aromatic heterocycles. The number of nitrogens with zero attached hydrogens (tertiary/aromatic N) is 3. The second kappa shape index (κ2) is 7.97. The molecule has 2 aromatic carbocycles. The van der Waals surface area contributed by atoms with E-state index in [0.29, 0.717) is 45.5 Å². The Hall–Kier alpha value is -3.70. The number of imidazole rings is 1. The number of hydrogen-bond donors (Lipinski definition) is 2. The topological polar surface area (TPSA) is 105 Å². The molecule has 0 saturated heterocycles. The van der Waals surface area contributed by atoms with Crippen LogP contribution in [0.2, 0.25) is 0 Å². The molecule has 0 fully saturated rings. The van der Waals surface area contributed by atoms with Crippen LogP contribution in [0.1, 0.15) is 11.4 Å². The van der Waals surface area contributed by atoms with Gasteiger partial charge in [0.2, 0.25) is 5.75 Å². The molecule has 4 rings (SSSR count). The van der Waals surface area contributed by atoms with Crippen LogP contribution in [0.3, 0.4) is 0 Å². The van der Waals surface area contributed by atoms with Crippen LogP contribution in [0, 0.1) is 11.3 Å². The number of aromatic amines is 1. The fraction of sp³-hybridized carbons (Fsp3) is 0.190. The van der Waals surface area contributed by atoms with Gasteiger partial charge in [0.1, 0.15) is 11.9 Å². The molecule has 0 aliphatic heterocycles. The van der Waals surface area contributed by atoms with E-state index in [2.05, 4.69) is 26.3 Å². The molecule has 0 aliphatic rings. The molecule has 30 heavy (non-hydrogen) atoms. The maximum absolute atomic E-state index is 9.66. The third-order valence-electron chi connectivity index (χ3n) is 4.70. The van der Waals surface area contributed by atoms with Gasteiger partial charge in [0.05, 0.1) is 55.0 Å². The first-order valence-corrected chi connectivity index (χ1v) is 9.49. The van der Waals surface area contributed by atoms with Crippen LogP contribution >= 0.6 is 11.6 Å². The van der Waals surface area contributed by atoms with Crippen LogP contribution in [-0.2, 0) is 5.88 Å². The van der Waals surface area contributed by atoms with Crippen molar-refractivity contribution < 1.29 is 14.2 Å². The summed E-state index contributed by atoms with van der Waals surface area (Å²) in [5.74, 6) is 2.42. The average molecular weight is 424 g/mol. The number of anilines is 2. The van der Waals surface area contributed by atoms with Crippen molar-refractivity contribution >= 4 is 44.9 Å². The van der Waals surface area contributed by atoms with E-state index in [1.54, 1.807) is 33.5 Å². The van der Waals surface area contributed by atoms with Crippen LogP contribution in [0.15, 0.2) is 30.5 Å². The molecule has 0 atom stereocenters. The smallest absolute Gasteiger partial charge is 0.203 e. The lowest BCUT2D eigenvalue weighted by atomic mass is 10.1. The highest BCUT2D eigenvalue weighted by atomic mass is 35.5. The highest BCUT2D eigenvalue weighted by molar-refractivity contribution is 6.17. The molecule has 2 N–H and O–H groups in total. The molecule has 0 spiro atoms. The molecule has 0 radical (unpaired) electrons. The summed E-state index contributed by atoms with van der Waals surface area (Å²) >= 11 is 5.90. The number of methoxy groups -OCH3 is 3. The Morgan fingerprint density at radius 1 is 1.07 bits per heavy atom. The van der Waals surface area contributed by atoms with Gasteiger partial charge >= 0.3 is 0 Å². The van der Waals surface area contributed by atoms with Crippen molar-refractivity contribution in [3.8, 4) is 23.3 Å². The fourth-order valence-electron chi connectivity index (χ4n) is 3.33. The molecule has 9 heteroatoms. The number of nitriles is 1. The summed E-state index contributed by atoms with van der Waals surface area (Å²) in [6.07, 6.45) is 1.54. The van der Waals surface area contributed by atoms with Gasteiger partial charge in [0.15, 0.2) is 11.5 Å². The summed E-state index contributed by atoms with van der Waals surface area (Å²) in [5, 5.41) is 13.7. The minimum Gasteiger partial charge on any atom is -0.493 e. The maximum Gasteiger partial charge on any atom is 0.203 e. The lowest BCUT2D eigenvalue weighted by molar-refractivity contribution is 0.324.